The highest BCUT2D eigenvalue weighted by molar-refractivity contribution is 4.87. The van der Waals surface area contributed by atoms with Crippen LogP contribution in [0.25, 0.3) is 0 Å². The monoisotopic (exact) mass is 267 g/mol. The fourth-order valence-corrected chi connectivity index (χ4v) is 3.80. The van der Waals surface area contributed by atoms with Gasteiger partial charge in [-0.15, -0.1) is 0 Å². The summed E-state index contributed by atoms with van der Waals surface area (Å²) in [4.78, 5) is 2.58. The Hall–Kier alpha value is -0.120. The summed E-state index contributed by atoms with van der Waals surface area (Å²) in [5.74, 6) is 1.62. The lowest BCUT2D eigenvalue weighted by atomic mass is 9.84. The highest BCUT2D eigenvalue weighted by atomic mass is 15.2. The zero-order valence-corrected chi connectivity index (χ0v) is 12.9. The zero-order chi connectivity index (χ0) is 13.7. The van der Waals surface area contributed by atoms with Gasteiger partial charge in [-0.2, -0.15) is 0 Å². The summed E-state index contributed by atoms with van der Waals surface area (Å²) in [5.41, 5.74) is 5.75. The van der Waals surface area contributed by atoms with Gasteiger partial charge >= 0.3 is 0 Å². The molecule has 0 aromatic rings. The van der Waals surface area contributed by atoms with Crippen LogP contribution in [0.4, 0.5) is 0 Å². The molecule has 1 saturated carbocycles. The van der Waals surface area contributed by atoms with E-state index in [0.29, 0.717) is 6.04 Å². The fraction of sp³-hybridized carbons (Fsp3) is 1.00. The maximum Gasteiger partial charge on any atom is 0.0200 e. The van der Waals surface area contributed by atoms with Crippen molar-refractivity contribution in [3.63, 3.8) is 0 Å². The average Bonchev–Trinajstić information content (AvgIpc) is 2.40. The third-order valence-corrected chi connectivity index (χ3v) is 5.02. The highest BCUT2D eigenvalue weighted by Crippen LogP contribution is 2.25. The second-order valence-electron chi connectivity index (χ2n) is 6.99. The molecular formula is C16H33N3. The molecule has 2 aliphatic rings. The molecule has 1 heterocycles. The number of hydrogen-bond donors (Lipinski definition) is 2. The molecule has 2 unspecified atom stereocenters. The Morgan fingerprint density at radius 1 is 1.11 bits per heavy atom. The van der Waals surface area contributed by atoms with Gasteiger partial charge in [0.1, 0.15) is 0 Å². The Labute approximate surface area is 119 Å². The van der Waals surface area contributed by atoms with Crippen molar-refractivity contribution < 1.29 is 0 Å². The predicted molar refractivity (Wildman–Crippen MR) is 82.2 cm³/mol. The summed E-state index contributed by atoms with van der Waals surface area (Å²) in [6.07, 6.45) is 8.42. The van der Waals surface area contributed by atoms with Gasteiger partial charge in [0.05, 0.1) is 0 Å². The molecule has 3 nitrogen and oxygen atoms in total. The molecule has 0 aromatic carbocycles. The molecule has 0 aromatic heterocycles. The van der Waals surface area contributed by atoms with Crippen molar-refractivity contribution in [2.24, 2.45) is 17.6 Å². The van der Waals surface area contributed by atoms with Crippen LogP contribution in [0.2, 0.25) is 0 Å². The second kappa shape index (κ2) is 7.61. The van der Waals surface area contributed by atoms with Crippen LogP contribution in [-0.4, -0.2) is 43.2 Å². The van der Waals surface area contributed by atoms with Gasteiger partial charge in [-0.1, -0.05) is 33.1 Å². The molecule has 1 aliphatic carbocycles. The molecule has 2 fully saturated rings. The van der Waals surface area contributed by atoms with E-state index in [1.807, 2.05) is 0 Å². The maximum atomic E-state index is 5.75. The van der Waals surface area contributed by atoms with E-state index in [2.05, 4.69) is 24.1 Å². The largest absolute Gasteiger partial charge is 0.329 e. The van der Waals surface area contributed by atoms with Crippen LogP contribution in [0.5, 0.6) is 0 Å². The van der Waals surface area contributed by atoms with Gasteiger partial charge in [-0.05, 0) is 31.1 Å². The van der Waals surface area contributed by atoms with Gasteiger partial charge in [0.2, 0.25) is 0 Å². The van der Waals surface area contributed by atoms with Gasteiger partial charge in [0, 0.05) is 38.3 Å². The van der Waals surface area contributed by atoms with Crippen molar-refractivity contribution in [1.29, 1.82) is 0 Å². The molecule has 112 valence electrons. The summed E-state index contributed by atoms with van der Waals surface area (Å²) < 4.78 is 0. The number of hydrogen-bond acceptors (Lipinski definition) is 3. The smallest absolute Gasteiger partial charge is 0.0200 e. The molecule has 2 rings (SSSR count). The number of piperidine rings is 1. The van der Waals surface area contributed by atoms with Crippen molar-refractivity contribution >= 4 is 0 Å². The lowest BCUT2D eigenvalue weighted by Crippen LogP contribution is -2.53. The molecule has 19 heavy (non-hydrogen) atoms. The van der Waals surface area contributed by atoms with Crippen molar-refractivity contribution in [2.75, 3.05) is 26.2 Å². The second-order valence-corrected chi connectivity index (χ2v) is 6.99. The molecular weight excluding hydrogens is 234 g/mol. The third-order valence-electron chi connectivity index (χ3n) is 5.02. The van der Waals surface area contributed by atoms with Crippen LogP contribution in [0.3, 0.4) is 0 Å². The fourth-order valence-electron chi connectivity index (χ4n) is 3.80. The topological polar surface area (TPSA) is 41.3 Å². The van der Waals surface area contributed by atoms with Crippen LogP contribution in [0.1, 0.15) is 52.4 Å². The van der Waals surface area contributed by atoms with Gasteiger partial charge < -0.3 is 16.0 Å². The SMILES string of the molecule is CC(C)C1CC(NC2CCCCC2)CN(CCN)C1. The quantitative estimate of drug-likeness (QED) is 0.802. The van der Waals surface area contributed by atoms with Crippen LogP contribution >= 0.6 is 0 Å². The van der Waals surface area contributed by atoms with Gasteiger partial charge in [-0.3, -0.25) is 0 Å². The molecule has 1 aliphatic heterocycles. The molecule has 1 saturated heterocycles. The summed E-state index contributed by atoms with van der Waals surface area (Å²) in [7, 11) is 0. The Bertz CT molecular complexity index is 248. The van der Waals surface area contributed by atoms with Crippen LogP contribution < -0.4 is 11.1 Å². The van der Waals surface area contributed by atoms with Crippen molar-refractivity contribution in [3.05, 3.63) is 0 Å². The first-order valence-corrected chi connectivity index (χ1v) is 8.37. The Morgan fingerprint density at radius 3 is 2.47 bits per heavy atom. The zero-order valence-electron chi connectivity index (χ0n) is 12.9. The maximum absolute atomic E-state index is 5.75. The van der Waals surface area contributed by atoms with E-state index in [-0.39, 0.29) is 0 Å². The first-order valence-electron chi connectivity index (χ1n) is 8.37. The normalized spacial score (nSPS) is 30.9. The summed E-state index contributed by atoms with van der Waals surface area (Å²) in [6.45, 7) is 9.05. The van der Waals surface area contributed by atoms with E-state index >= 15 is 0 Å². The van der Waals surface area contributed by atoms with E-state index < -0.39 is 0 Å². The minimum Gasteiger partial charge on any atom is -0.329 e. The number of likely N-dealkylation sites (tertiary alicyclic amines) is 1. The molecule has 0 bridgehead atoms. The van der Waals surface area contributed by atoms with Crippen molar-refractivity contribution in [3.8, 4) is 0 Å². The van der Waals surface area contributed by atoms with Gasteiger partial charge in [0.15, 0.2) is 0 Å². The highest BCUT2D eigenvalue weighted by Gasteiger charge is 2.29. The lowest BCUT2D eigenvalue weighted by molar-refractivity contribution is 0.110. The number of nitrogens with zero attached hydrogens (tertiary/aromatic N) is 1. The van der Waals surface area contributed by atoms with Crippen molar-refractivity contribution in [1.82, 2.24) is 10.2 Å². The Balaban J connectivity index is 1.86. The molecule has 2 atom stereocenters. The number of rotatable bonds is 5. The summed E-state index contributed by atoms with van der Waals surface area (Å²) in [6, 6.07) is 1.47. The minimum atomic E-state index is 0.691. The standard InChI is InChI=1S/C16H33N3/c1-13(2)14-10-16(12-19(11-14)9-8-17)18-15-6-4-3-5-7-15/h13-16,18H,3-12,17H2,1-2H3. The van der Waals surface area contributed by atoms with E-state index in [1.165, 1.54) is 51.6 Å². The first kappa shape index (κ1) is 15.3. The van der Waals surface area contributed by atoms with E-state index in [1.54, 1.807) is 0 Å². The number of nitrogens with two attached hydrogens (primary N) is 1. The first-order chi connectivity index (χ1) is 9.19. The molecule has 3 heteroatoms. The molecule has 0 spiro atoms. The molecule has 0 amide bonds. The van der Waals surface area contributed by atoms with Crippen LogP contribution in [0, 0.1) is 11.8 Å². The lowest BCUT2D eigenvalue weighted by Gasteiger charge is -2.41. The third kappa shape index (κ3) is 4.73. The predicted octanol–water partition coefficient (Wildman–Crippen LogP) is 2.21. The minimum absolute atomic E-state index is 0.691. The van der Waals surface area contributed by atoms with E-state index in [4.69, 9.17) is 5.73 Å². The molecule has 0 radical (unpaired) electrons. The molecule has 3 N–H and O–H groups in total. The number of nitrogens with one attached hydrogen (secondary N) is 1. The van der Waals surface area contributed by atoms with Crippen LogP contribution in [-0.2, 0) is 0 Å². The van der Waals surface area contributed by atoms with E-state index in [0.717, 1.165) is 31.0 Å². The van der Waals surface area contributed by atoms with Crippen molar-refractivity contribution in [2.45, 2.75) is 64.5 Å². The van der Waals surface area contributed by atoms with Crippen LogP contribution in [0.15, 0.2) is 0 Å². The Kier molecular flexibility index (Phi) is 6.11. The van der Waals surface area contributed by atoms with Gasteiger partial charge in [-0.25, -0.2) is 0 Å². The van der Waals surface area contributed by atoms with Gasteiger partial charge in [0.25, 0.3) is 0 Å². The summed E-state index contributed by atoms with van der Waals surface area (Å²) in [5, 5.41) is 3.95. The summed E-state index contributed by atoms with van der Waals surface area (Å²) >= 11 is 0. The average molecular weight is 267 g/mol. The van der Waals surface area contributed by atoms with E-state index in [9.17, 15) is 0 Å². The Morgan fingerprint density at radius 2 is 1.84 bits per heavy atom.